The molecular weight excluding hydrogens is 310 g/mol. The average molecular weight is 335 g/mol. The van der Waals surface area contributed by atoms with Gasteiger partial charge < -0.3 is 24.2 Å². The Morgan fingerprint density at radius 3 is 2.54 bits per heavy atom. The molecule has 2 heterocycles. The zero-order chi connectivity index (χ0) is 17.2. The summed E-state index contributed by atoms with van der Waals surface area (Å²) in [5, 5.41) is 8.95. The molecule has 1 fully saturated rings. The molecule has 1 aromatic rings. The van der Waals surface area contributed by atoms with Gasteiger partial charge in [0.15, 0.2) is 11.5 Å². The number of benzene rings is 1. The highest BCUT2D eigenvalue weighted by Gasteiger charge is 2.42. The highest BCUT2D eigenvalue weighted by atomic mass is 16.5. The van der Waals surface area contributed by atoms with E-state index in [9.17, 15) is 4.79 Å². The molecule has 2 aliphatic heterocycles. The number of carbonyl (C=O) groups excluding carboxylic acids is 1. The van der Waals surface area contributed by atoms with Crippen LogP contribution in [0.3, 0.4) is 0 Å². The second-order valence-corrected chi connectivity index (χ2v) is 6.31. The van der Waals surface area contributed by atoms with Crippen molar-refractivity contribution in [3.63, 3.8) is 0 Å². The summed E-state index contributed by atoms with van der Waals surface area (Å²) in [5.41, 5.74) is 2.03. The average Bonchev–Trinajstić information content (AvgIpc) is 2.62. The normalized spacial score (nSPS) is 19.0. The van der Waals surface area contributed by atoms with Gasteiger partial charge in [0.25, 0.3) is 0 Å². The number of carbonyl (C=O) groups is 1. The van der Waals surface area contributed by atoms with E-state index < -0.39 is 0 Å². The van der Waals surface area contributed by atoms with Crippen LogP contribution in [0, 0.1) is 0 Å². The quantitative estimate of drug-likeness (QED) is 0.903. The third-order valence-corrected chi connectivity index (χ3v) is 5.10. The molecule has 0 aliphatic carbocycles. The molecule has 0 radical (unpaired) electrons. The van der Waals surface area contributed by atoms with Gasteiger partial charge in [-0.25, -0.2) is 0 Å². The molecule has 2 aliphatic rings. The number of aliphatic hydroxyl groups is 1. The monoisotopic (exact) mass is 335 g/mol. The number of piperidine rings is 1. The number of ether oxygens (including phenoxy) is 3. The van der Waals surface area contributed by atoms with Gasteiger partial charge in [-0.15, -0.1) is 0 Å². The van der Waals surface area contributed by atoms with Crippen LogP contribution in [0.15, 0.2) is 12.1 Å². The number of likely N-dealkylation sites (tertiary alicyclic amines) is 1. The van der Waals surface area contributed by atoms with E-state index in [4.69, 9.17) is 19.3 Å². The Morgan fingerprint density at radius 2 is 1.92 bits per heavy atom. The Kier molecular flexibility index (Phi) is 4.96. The number of aliphatic hydroxyl groups excluding tert-OH is 1. The predicted octanol–water partition coefficient (Wildman–Crippen LogP) is 1.48. The number of fused-ring (bicyclic) bond motifs is 2. The minimum Gasteiger partial charge on any atom is -0.493 e. The number of rotatable bonds is 4. The summed E-state index contributed by atoms with van der Waals surface area (Å²) in [6.45, 7) is 1.86. The fourth-order valence-electron chi connectivity index (χ4n) is 3.77. The first-order chi connectivity index (χ1) is 11.6. The van der Waals surface area contributed by atoms with Crippen LogP contribution in [-0.4, -0.2) is 56.4 Å². The summed E-state index contributed by atoms with van der Waals surface area (Å²) >= 11 is 0. The van der Waals surface area contributed by atoms with Gasteiger partial charge in [-0.05, 0) is 42.5 Å². The summed E-state index contributed by atoms with van der Waals surface area (Å²) in [5.74, 6) is 1.46. The van der Waals surface area contributed by atoms with Crippen LogP contribution in [0.2, 0.25) is 0 Å². The van der Waals surface area contributed by atoms with Crippen LogP contribution in [-0.2, 0) is 21.6 Å². The topological polar surface area (TPSA) is 68.2 Å². The third-order valence-electron chi connectivity index (χ3n) is 5.10. The first-order valence-electron chi connectivity index (χ1n) is 8.41. The maximum absolute atomic E-state index is 12.0. The number of amides is 1. The smallest absolute Gasteiger partial charge is 0.224 e. The van der Waals surface area contributed by atoms with E-state index in [0.29, 0.717) is 25.4 Å². The first kappa shape index (κ1) is 17.0. The molecular formula is C18H25NO5. The SMILES string of the molecule is COc1cc2c(cc1OC)C1(CCN(C(=O)CCO)CC1)OCC2. The van der Waals surface area contributed by atoms with Crippen molar-refractivity contribution in [1.82, 2.24) is 4.90 Å². The van der Waals surface area contributed by atoms with E-state index >= 15 is 0 Å². The largest absolute Gasteiger partial charge is 0.493 e. The molecule has 1 amide bonds. The van der Waals surface area contributed by atoms with Crippen molar-refractivity contribution in [2.75, 3.05) is 40.5 Å². The van der Waals surface area contributed by atoms with Crippen LogP contribution in [0.5, 0.6) is 11.5 Å². The molecule has 6 heteroatoms. The number of hydrogen-bond acceptors (Lipinski definition) is 5. The summed E-state index contributed by atoms with van der Waals surface area (Å²) in [7, 11) is 3.28. The number of methoxy groups -OCH3 is 2. The van der Waals surface area contributed by atoms with E-state index in [0.717, 1.165) is 30.6 Å². The molecule has 1 N–H and O–H groups in total. The minimum absolute atomic E-state index is 0.00990. The summed E-state index contributed by atoms with van der Waals surface area (Å²) in [6.07, 6.45) is 2.55. The molecule has 1 spiro atoms. The van der Waals surface area contributed by atoms with E-state index in [1.165, 1.54) is 5.56 Å². The lowest BCUT2D eigenvalue weighted by Crippen LogP contribution is -2.48. The zero-order valence-electron chi connectivity index (χ0n) is 14.3. The molecule has 3 rings (SSSR count). The lowest BCUT2D eigenvalue weighted by atomic mass is 9.79. The lowest BCUT2D eigenvalue weighted by Gasteiger charge is -2.45. The van der Waals surface area contributed by atoms with E-state index in [2.05, 4.69) is 0 Å². The molecule has 0 unspecified atom stereocenters. The molecule has 1 saturated heterocycles. The number of nitrogens with zero attached hydrogens (tertiary/aromatic N) is 1. The Balaban J connectivity index is 1.86. The molecule has 0 aromatic heterocycles. The molecule has 6 nitrogen and oxygen atoms in total. The fourth-order valence-corrected chi connectivity index (χ4v) is 3.77. The summed E-state index contributed by atoms with van der Waals surface area (Å²) in [4.78, 5) is 13.8. The standard InChI is InChI=1S/C18H25NO5/c1-22-15-11-13-4-10-24-18(14(13)12-16(15)23-2)5-7-19(8-6-18)17(21)3-9-20/h11-12,20H,3-10H2,1-2H3. The summed E-state index contributed by atoms with van der Waals surface area (Å²) in [6, 6.07) is 4.07. The van der Waals surface area contributed by atoms with Gasteiger partial charge in [-0.3, -0.25) is 4.79 Å². The maximum Gasteiger partial charge on any atom is 0.224 e. The van der Waals surface area contributed by atoms with Crippen LogP contribution < -0.4 is 9.47 Å². The highest BCUT2D eigenvalue weighted by Crippen LogP contribution is 2.45. The summed E-state index contributed by atoms with van der Waals surface area (Å²) < 4.78 is 17.1. The van der Waals surface area contributed by atoms with Crippen molar-refractivity contribution in [2.24, 2.45) is 0 Å². The van der Waals surface area contributed by atoms with Crippen LogP contribution in [0.25, 0.3) is 0 Å². The maximum atomic E-state index is 12.0. The Labute approximate surface area is 142 Å². The predicted molar refractivity (Wildman–Crippen MR) is 88.4 cm³/mol. The first-order valence-corrected chi connectivity index (χ1v) is 8.41. The molecule has 24 heavy (non-hydrogen) atoms. The van der Waals surface area contributed by atoms with Crippen LogP contribution in [0.4, 0.5) is 0 Å². The van der Waals surface area contributed by atoms with Gasteiger partial charge in [-0.2, -0.15) is 0 Å². The van der Waals surface area contributed by atoms with Gasteiger partial charge in [0.2, 0.25) is 5.91 Å². The second kappa shape index (κ2) is 6.99. The van der Waals surface area contributed by atoms with Crippen molar-refractivity contribution in [3.8, 4) is 11.5 Å². The van der Waals surface area contributed by atoms with Crippen LogP contribution >= 0.6 is 0 Å². The van der Waals surface area contributed by atoms with Crippen molar-refractivity contribution in [2.45, 2.75) is 31.3 Å². The van der Waals surface area contributed by atoms with E-state index in [1.807, 2.05) is 17.0 Å². The molecule has 1 aromatic carbocycles. The van der Waals surface area contributed by atoms with Crippen molar-refractivity contribution in [3.05, 3.63) is 23.3 Å². The minimum atomic E-state index is -0.358. The van der Waals surface area contributed by atoms with Gasteiger partial charge in [0, 0.05) is 19.5 Å². The molecule has 0 atom stereocenters. The van der Waals surface area contributed by atoms with Crippen LogP contribution in [0.1, 0.15) is 30.4 Å². The van der Waals surface area contributed by atoms with Crippen molar-refractivity contribution >= 4 is 5.91 Å². The van der Waals surface area contributed by atoms with Gasteiger partial charge in [0.05, 0.1) is 33.0 Å². The van der Waals surface area contributed by atoms with Gasteiger partial charge in [-0.1, -0.05) is 0 Å². The Bertz CT molecular complexity index is 608. The lowest BCUT2D eigenvalue weighted by molar-refractivity contribution is -0.141. The Morgan fingerprint density at radius 1 is 1.25 bits per heavy atom. The second-order valence-electron chi connectivity index (χ2n) is 6.31. The van der Waals surface area contributed by atoms with Crippen molar-refractivity contribution in [1.29, 1.82) is 0 Å². The third kappa shape index (κ3) is 2.96. The molecule has 0 saturated carbocycles. The zero-order valence-corrected chi connectivity index (χ0v) is 14.3. The van der Waals surface area contributed by atoms with E-state index in [1.54, 1.807) is 14.2 Å². The highest BCUT2D eigenvalue weighted by molar-refractivity contribution is 5.76. The van der Waals surface area contributed by atoms with E-state index in [-0.39, 0.29) is 24.5 Å². The van der Waals surface area contributed by atoms with Gasteiger partial charge in [0.1, 0.15) is 0 Å². The Hall–Kier alpha value is -1.79. The van der Waals surface area contributed by atoms with Crippen molar-refractivity contribution < 1.29 is 24.1 Å². The molecule has 132 valence electrons. The molecule has 0 bridgehead atoms. The number of hydrogen-bond donors (Lipinski definition) is 1. The van der Waals surface area contributed by atoms with Gasteiger partial charge >= 0.3 is 0 Å². The fraction of sp³-hybridized carbons (Fsp3) is 0.611.